The molecule has 8 heteroatoms. The molecule has 29 heavy (non-hydrogen) atoms. The van der Waals surface area contributed by atoms with Gasteiger partial charge in [0.1, 0.15) is 0 Å². The van der Waals surface area contributed by atoms with Gasteiger partial charge in [0.15, 0.2) is 6.61 Å². The average molecular weight is 419 g/mol. The Labute approximate surface area is 171 Å². The van der Waals surface area contributed by atoms with Gasteiger partial charge in [-0.1, -0.05) is 43.3 Å². The van der Waals surface area contributed by atoms with Crippen LogP contribution < -0.4 is 5.32 Å². The van der Waals surface area contributed by atoms with Gasteiger partial charge in [-0.05, 0) is 36.1 Å². The summed E-state index contributed by atoms with van der Waals surface area (Å²) in [5.41, 5.74) is 1.77. The van der Waals surface area contributed by atoms with E-state index >= 15 is 0 Å². The summed E-state index contributed by atoms with van der Waals surface area (Å²) in [5, 5.41) is 2.73. The van der Waals surface area contributed by atoms with Gasteiger partial charge in [-0.15, -0.1) is 0 Å². The number of carbonyl (C=O) groups is 2. The molecule has 2 aromatic rings. The first-order chi connectivity index (χ1) is 13.6. The first kappa shape index (κ1) is 22.6. The highest BCUT2D eigenvalue weighted by atomic mass is 32.2. The van der Waals surface area contributed by atoms with Crippen molar-refractivity contribution >= 4 is 21.9 Å². The number of nitrogens with zero attached hydrogens (tertiary/aromatic N) is 1. The first-order valence-corrected chi connectivity index (χ1v) is 10.6. The number of sulfonamides is 1. The Kier molecular flexibility index (Phi) is 7.53. The lowest BCUT2D eigenvalue weighted by atomic mass is 10.0. The molecule has 0 saturated heterocycles. The van der Waals surface area contributed by atoms with Crippen molar-refractivity contribution in [1.29, 1.82) is 0 Å². The van der Waals surface area contributed by atoms with Crippen molar-refractivity contribution in [3.63, 3.8) is 0 Å². The molecule has 0 spiro atoms. The molecule has 7 nitrogen and oxygen atoms in total. The Morgan fingerprint density at radius 2 is 1.76 bits per heavy atom. The van der Waals surface area contributed by atoms with Crippen LogP contribution in [0, 0.1) is 6.92 Å². The van der Waals surface area contributed by atoms with Gasteiger partial charge in [-0.25, -0.2) is 17.5 Å². The molecule has 0 aliphatic carbocycles. The summed E-state index contributed by atoms with van der Waals surface area (Å²) in [4.78, 5) is 24.4. The lowest BCUT2D eigenvalue weighted by molar-refractivity contribution is -0.124. The van der Waals surface area contributed by atoms with E-state index in [1.165, 1.54) is 32.3 Å². The first-order valence-electron chi connectivity index (χ1n) is 9.15. The van der Waals surface area contributed by atoms with E-state index in [-0.39, 0.29) is 16.4 Å². The van der Waals surface area contributed by atoms with Gasteiger partial charge in [0.25, 0.3) is 5.91 Å². The predicted molar refractivity (Wildman–Crippen MR) is 110 cm³/mol. The molecular formula is C21H26N2O5S. The fraction of sp³-hybridized carbons (Fsp3) is 0.333. The topological polar surface area (TPSA) is 92.8 Å². The van der Waals surface area contributed by atoms with Crippen LogP contribution >= 0.6 is 0 Å². The molecule has 0 heterocycles. The van der Waals surface area contributed by atoms with Gasteiger partial charge in [0, 0.05) is 20.6 Å². The number of esters is 1. The van der Waals surface area contributed by atoms with Gasteiger partial charge in [0.2, 0.25) is 10.0 Å². The number of hydrogen-bond acceptors (Lipinski definition) is 5. The van der Waals surface area contributed by atoms with Crippen molar-refractivity contribution in [3.8, 4) is 0 Å². The number of hydrogen-bond donors (Lipinski definition) is 1. The molecule has 2 aromatic carbocycles. The third kappa shape index (κ3) is 5.88. The molecule has 0 aliphatic heterocycles. The predicted octanol–water partition coefficient (Wildman–Crippen LogP) is 2.32. The summed E-state index contributed by atoms with van der Waals surface area (Å²) in [6.07, 6.45) is 0. The van der Waals surface area contributed by atoms with E-state index in [1.807, 2.05) is 37.3 Å². The Bertz CT molecular complexity index is 972. The zero-order valence-electron chi connectivity index (χ0n) is 17.0. The third-order valence-electron chi connectivity index (χ3n) is 4.52. The van der Waals surface area contributed by atoms with Gasteiger partial charge >= 0.3 is 5.97 Å². The van der Waals surface area contributed by atoms with Crippen molar-refractivity contribution in [2.75, 3.05) is 27.2 Å². The highest BCUT2D eigenvalue weighted by Gasteiger charge is 2.21. The number of ether oxygens (including phenoxy) is 1. The van der Waals surface area contributed by atoms with Crippen molar-refractivity contribution in [1.82, 2.24) is 9.62 Å². The molecule has 2 rings (SSSR count). The van der Waals surface area contributed by atoms with Crippen molar-refractivity contribution < 1.29 is 22.7 Å². The Balaban J connectivity index is 1.96. The van der Waals surface area contributed by atoms with Crippen molar-refractivity contribution in [3.05, 3.63) is 65.2 Å². The molecule has 156 valence electrons. The number of carbonyl (C=O) groups excluding carboxylic acids is 2. The summed E-state index contributed by atoms with van der Waals surface area (Å²) < 4.78 is 30.7. The minimum atomic E-state index is -3.68. The van der Waals surface area contributed by atoms with Crippen LogP contribution in [-0.4, -0.2) is 51.8 Å². The number of benzene rings is 2. The highest BCUT2D eigenvalue weighted by molar-refractivity contribution is 7.89. The van der Waals surface area contributed by atoms with Gasteiger partial charge in [-0.2, -0.15) is 0 Å². The normalized spacial score (nSPS) is 12.4. The van der Waals surface area contributed by atoms with E-state index in [2.05, 4.69) is 5.32 Å². The molecule has 1 N–H and O–H groups in total. The van der Waals surface area contributed by atoms with Crippen molar-refractivity contribution in [2.24, 2.45) is 0 Å². The van der Waals surface area contributed by atoms with E-state index in [0.29, 0.717) is 12.1 Å². The van der Waals surface area contributed by atoms with Crippen molar-refractivity contribution in [2.45, 2.75) is 24.7 Å². The van der Waals surface area contributed by atoms with Gasteiger partial charge < -0.3 is 10.1 Å². The van der Waals surface area contributed by atoms with Crippen LogP contribution in [0.2, 0.25) is 0 Å². The second-order valence-electron chi connectivity index (χ2n) is 6.96. The largest absolute Gasteiger partial charge is 0.452 e. The summed E-state index contributed by atoms with van der Waals surface area (Å²) in [6, 6.07) is 14.0. The van der Waals surface area contributed by atoms with Crippen LogP contribution in [0.3, 0.4) is 0 Å². The SMILES string of the molecule is Cc1ccc(S(=O)(=O)N(C)C)cc1C(=O)OCC(=O)NC[C@H](C)c1ccccc1. The fourth-order valence-electron chi connectivity index (χ4n) is 2.62. The molecule has 0 bridgehead atoms. The lowest BCUT2D eigenvalue weighted by Crippen LogP contribution is -2.31. The Morgan fingerprint density at radius 1 is 1.10 bits per heavy atom. The molecule has 0 aromatic heterocycles. The average Bonchev–Trinajstić information content (AvgIpc) is 2.70. The fourth-order valence-corrected chi connectivity index (χ4v) is 3.55. The number of aryl methyl sites for hydroxylation is 1. The lowest BCUT2D eigenvalue weighted by Gasteiger charge is -2.14. The van der Waals surface area contributed by atoms with E-state index in [0.717, 1.165) is 9.87 Å². The number of nitrogens with one attached hydrogen (secondary N) is 1. The molecule has 1 atom stereocenters. The second-order valence-corrected chi connectivity index (χ2v) is 9.11. The number of amides is 1. The van der Waals surface area contributed by atoms with E-state index in [9.17, 15) is 18.0 Å². The summed E-state index contributed by atoms with van der Waals surface area (Å²) in [5.74, 6) is -1.05. The molecule has 0 aliphatic rings. The van der Waals surface area contributed by atoms with E-state index in [4.69, 9.17) is 4.74 Å². The van der Waals surface area contributed by atoms with Crippen LogP contribution in [0.5, 0.6) is 0 Å². The standard InChI is InChI=1S/C21H26N2O5S/c1-15-10-11-18(29(26,27)23(3)4)12-19(15)21(25)28-14-20(24)22-13-16(2)17-8-6-5-7-9-17/h5-12,16H,13-14H2,1-4H3,(H,22,24)/t16-/m0/s1. The smallest absolute Gasteiger partial charge is 0.338 e. The Hall–Kier alpha value is -2.71. The molecular weight excluding hydrogens is 392 g/mol. The quantitative estimate of drug-likeness (QED) is 0.664. The minimum Gasteiger partial charge on any atom is -0.452 e. The third-order valence-corrected chi connectivity index (χ3v) is 6.33. The van der Waals surface area contributed by atoms with Crippen LogP contribution in [-0.2, 0) is 19.6 Å². The molecule has 0 saturated carbocycles. The van der Waals surface area contributed by atoms with Gasteiger partial charge in [-0.3, -0.25) is 4.79 Å². The zero-order valence-corrected chi connectivity index (χ0v) is 17.8. The van der Waals surface area contributed by atoms with Crippen LogP contribution in [0.4, 0.5) is 0 Å². The van der Waals surface area contributed by atoms with E-state index in [1.54, 1.807) is 6.92 Å². The second kappa shape index (κ2) is 9.67. The maximum absolute atomic E-state index is 12.4. The maximum atomic E-state index is 12.4. The van der Waals surface area contributed by atoms with Crippen LogP contribution in [0.15, 0.2) is 53.4 Å². The van der Waals surface area contributed by atoms with Crippen LogP contribution in [0.25, 0.3) is 0 Å². The Morgan fingerprint density at radius 3 is 2.38 bits per heavy atom. The molecule has 1 amide bonds. The molecule has 0 unspecified atom stereocenters. The summed E-state index contributed by atoms with van der Waals surface area (Å²) >= 11 is 0. The minimum absolute atomic E-state index is 0.0128. The molecule has 0 fully saturated rings. The highest BCUT2D eigenvalue weighted by Crippen LogP contribution is 2.19. The zero-order chi connectivity index (χ0) is 21.6. The van der Waals surface area contributed by atoms with E-state index < -0.39 is 28.5 Å². The number of rotatable bonds is 8. The maximum Gasteiger partial charge on any atom is 0.338 e. The van der Waals surface area contributed by atoms with Gasteiger partial charge in [0.05, 0.1) is 10.5 Å². The van der Waals surface area contributed by atoms with Crippen LogP contribution in [0.1, 0.15) is 34.3 Å². The monoisotopic (exact) mass is 418 g/mol. The summed E-state index contributed by atoms with van der Waals surface area (Å²) in [6.45, 7) is 3.63. The molecule has 0 radical (unpaired) electrons. The summed E-state index contributed by atoms with van der Waals surface area (Å²) in [7, 11) is -0.858.